The fourth-order valence-electron chi connectivity index (χ4n) is 5.01. The Labute approximate surface area is 158 Å². The molecule has 0 spiro atoms. The summed E-state index contributed by atoms with van der Waals surface area (Å²) in [7, 11) is 0. The van der Waals surface area contributed by atoms with E-state index in [0.717, 1.165) is 62.9 Å². The molecule has 0 unspecified atom stereocenters. The minimum atomic E-state index is 0.254. The number of nitrogens with one attached hydrogen (secondary N) is 2. The van der Waals surface area contributed by atoms with Crippen molar-refractivity contribution in [3.63, 3.8) is 0 Å². The minimum absolute atomic E-state index is 0.254. The van der Waals surface area contributed by atoms with Gasteiger partial charge < -0.3 is 10.3 Å². The number of nitrogens with zero attached hydrogens (tertiary/aromatic N) is 3. The molecular formula is C21H27N5O. The Balaban J connectivity index is 1.52. The normalized spacial score (nSPS) is 24.6. The van der Waals surface area contributed by atoms with E-state index in [1.807, 2.05) is 6.20 Å². The summed E-state index contributed by atoms with van der Waals surface area (Å²) >= 11 is 0. The SMILES string of the molecule is CC(=O)C1CCC(c2c[nH]c3ncc4nc(C5CCNCC5)cn4c23)CC1. The number of hydrogen-bond acceptors (Lipinski definition) is 4. The number of carbonyl (C=O) groups is 1. The number of imidazole rings is 1. The van der Waals surface area contributed by atoms with Crippen LogP contribution in [0.25, 0.3) is 16.8 Å². The zero-order chi connectivity index (χ0) is 18.4. The second-order valence-corrected chi connectivity index (χ2v) is 8.28. The van der Waals surface area contributed by atoms with Gasteiger partial charge in [0.2, 0.25) is 0 Å². The number of aromatic amines is 1. The smallest absolute Gasteiger partial charge is 0.156 e. The van der Waals surface area contributed by atoms with E-state index in [1.165, 1.54) is 16.8 Å². The lowest BCUT2D eigenvalue weighted by atomic mass is 9.78. The zero-order valence-electron chi connectivity index (χ0n) is 15.9. The second-order valence-electron chi connectivity index (χ2n) is 8.28. The number of hydrogen-bond donors (Lipinski definition) is 2. The van der Waals surface area contributed by atoms with E-state index in [9.17, 15) is 4.79 Å². The third-order valence-electron chi connectivity index (χ3n) is 6.66. The highest BCUT2D eigenvalue weighted by molar-refractivity contribution is 5.80. The van der Waals surface area contributed by atoms with Crippen LogP contribution in [0.4, 0.5) is 0 Å². The molecule has 5 rings (SSSR count). The van der Waals surface area contributed by atoms with E-state index >= 15 is 0 Å². The monoisotopic (exact) mass is 365 g/mol. The van der Waals surface area contributed by atoms with Crippen LogP contribution in [-0.4, -0.2) is 38.2 Å². The molecule has 0 amide bonds. The highest BCUT2D eigenvalue weighted by Gasteiger charge is 2.28. The first-order valence-electron chi connectivity index (χ1n) is 10.3. The molecule has 4 heterocycles. The number of carbonyl (C=O) groups excluding carboxylic acids is 1. The standard InChI is InChI=1S/C21H27N5O/c1-13(27)14-2-4-15(5-3-14)17-10-23-21-20(17)26-12-18(25-19(26)11-24-21)16-6-8-22-9-7-16/h10-12,14-16,22-23H,2-9H2,1H3. The van der Waals surface area contributed by atoms with Gasteiger partial charge in [0.05, 0.1) is 17.4 Å². The predicted molar refractivity (Wildman–Crippen MR) is 105 cm³/mol. The van der Waals surface area contributed by atoms with Crippen molar-refractivity contribution in [3.05, 3.63) is 29.8 Å². The van der Waals surface area contributed by atoms with Crippen LogP contribution in [0.15, 0.2) is 18.6 Å². The molecule has 0 radical (unpaired) electrons. The van der Waals surface area contributed by atoms with E-state index in [2.05, 4.69) is 32.1 Å². The third kappa shape index (κ3) is 2.96. The molecule has 0 atom stereocenters. The maximum atomic E-state index is 11.7. The number of Topliss-reactive ketones (excluding diaryl/α,β-unsaturated/α-hetero) is 1. The molecule has 6 nitrogen and oxygen atoms in total. The first kappa shape index (κ1) is 16.9. The van der Waals surface area contributed by atoms with E-state index in [0.29, 0.717) is 17.6 Å². The molecule has 6 heteroatoms. The first-order valence-corrected chi connectivity index (χ1v) is 10.3. The zero-order valence-corrected chi connectivity index (χ0v) is 15.9. The molecule has 1 aliphatic heterocycles. The van der Waals surface area contributed by atoms with Crippen molar-refractivity contribution in [3.8, 4) is 0 Å². The van der Waals surface area contributed by atoms with Crippen LogP contribution in [0, 0.1) is 5.92 Å². The number of rotatable bonds is 3. The molecule has 2 fully saturated rings. The van der Waals surface area contributed by atoms with Crippen molar-refractivity contribution >= 4 is 22.6 Å². The third-order valence-corrected chi connectivity index (χ3v) is 6.66. The lowest BCUT2D eigenvalue weighted by molar-refractivity contribution is -0.121. The van der Waals surface area contributed by atoms with E-state index < -0.39 is 0 Å². The van der Waals surface area contributed by atoms with Gasteiger partial charge >= 0.3 is 0 Å². The maximum Gasteiger partial charge on any atom is 0.156 e. The van der Waals surface area contributed by atoms with Gasteiger partial charge in [0.25, 0.3) is 0 Å². The van der Waals surface area contributed by atoms with Gasteiger partial charge in [-0.1, -0.05) is 0 Å². The van der Waals surface area contributed by atoms with E-state index in [1.54, 1.807) is 6.92 Å². The molecular weight excluding hydrogens is 338 g/mol. The van der Waals surface area contributed by atoms with Gasteiger partial charge in [0, 0.05) is 24.2 Å². The van der Waals surface area contributed by atoms with Gasteiger partial charge in [-0.3, -0.25) is 9.20 Å². The molecule has 0 bridgehead atoms. The van der Waals surface area contributed by atoms with Gasteiger partial charge in [0.1, 0.15) is 5.78 Å². The molecule has 142 valence electrons. The summed E-state index contributed by atoms with van der Waals surface area (Å²) in [4.78, 5) is 24.6. The molecule has 27 heavy (non-hydrogen) atoms. The lowest BCUT2D eigenvalue weighted by Gasteiger charge is -2.26. The van der Waals surface area contributed by atoms with Crippen molar-refractivity contribution in [1.29, 1.82) is 0 Å². The van der Waals surface area contributed by atoms with Crippen molar-refractivity contribution < 1.29 is 4.79 Å². The summed E-state index contributed by atoms with van der Waals surface area (Å²) in [5.74, 6) is 1.63. The van der Waals surface area contributed by atoms with Crippen LogP contribution < -0.4 is 5.32 Å². The first-order chi connectivity index (χ1) is 13.2. The molecule has 2 N–H and O–H groups in total. The van der Waals surface area contributed by atoms with Crippen LogP contribution in [0.5, 0.6) is 0 Å². The summed E-state index contributed by atoms with van der Waals surface area (Å²) in [5, 5.41) is 3.43. The summed E-state index contributed by atoms with van der Waals surface area (Å²) in [6.07, 6.45) is 12.7. The van der Waals surface area contributed by atoms with Gasteiger partial charge in [-0.05, 0) is 70.0 Å². The molecule has 1 saturated heterocycles. The Morgan fingerprint density at radius 2 is 1.89 bits per heavy atom. The fourth-order valence-corrected chi connectivity index (χ4v) is 5.01. The number of fused-ring (bicyclic) bond motifs is 3. The van der Waals surface area contributed by atoms with Gasteiger partial charge in [-0.2, -0.15) is 0 Å². The summed E-state index contributed by atoms with van der Waals surface area (Å²) < 4.78 is 2.24. The van der Waals surface area contributed by atoms with Crippen molar-refractivity contribution in [2.45, 2.75) is 57.3 Å². The van der Waals surface area contributed by atoms with E-state index in [-0.39, 0.29) is 5.92 Å². The van der Waals surface area contributed by atoms with Crippen LogP contribution in [0.2, 0.25) is 0 Å². The molecule has 3 aromatic rings. The number of aromatic nitrogens is 4. The minimum Gasteiger partial charge on any atom is -0.345 e. The average molecular weight is 365 g/mol. The quantitative estimate of drug-likeness (QED) is 0.744. The fraction of sp³-hybridized carbons (Fsp3) is 0.571. The summed E-state index contributed by atoms with van der Waals surface area (Å²) in [6.45, 7) is 3.87. The van der Waals surface area contributed by atoms with E-state index in [4.69, 9.17) is 4.98 Å². The van der Waals surface area contributed by atoms with Crippen LogP contribution in [0.1, 0.15) is 68.5 Å². The summed E-state index contributed by atoms with van der Waals surface area (Å²) in [5.41, 5.74) is 5.57. The Kier molecular flexibility index (Phi) is 4.23. The van der Waals surface area contributed by atoms with Gasteiger partial charge in [0.15, 0.2) is 11.3 Å². The highest BCUT2D eigenvalue weighted by atomic mass is 16.1. The second kappa shape index (κ2) is 6.75. The summed E-state index contributed by atoms with van der Waals surface area (Å²) in [6, 6.07) is 0. The largest absolute Gasteiger partial charge is 0.345 e. The lowest BCUT2D eigenvalue weighted by Crippen LogP contribution is -2.26. The topological polar surface area (TPSA) is 75.1 Å². The van der Waals surface area contributed by atoms with Crippen LogP contribution in [0.3, 0.4) is 0 Å². The van der Waals surface area contributed by atoms with Crippen molar-refractivity contribution in [1.82, 2.24) is 24.7 Å². The molecule has 0 aromatic carbocycles. The van der Waals surface area contributed by atoms with Gasteiger partial charge in [-0.15, -0.1) is 0 Å². The number of H-pyrrole nitrogens is 1. The Morgan fingerprint density at radius 3 is 2.63 bits per heavy atom. The average Bonchev–Trinajstić information content (AvgIpc) is 3.32. The highest BCUT2D eigenvalue weighted by Crippen LogP contribution is 2.39. The van der Waals surface area contributed by atoms with Crippen molar-refractivity contribution in [2.75, 3.05) is 13.1 Å². The number of piperidine rings is 1. The predicted octanol–water partition coefficient (Wildman–Crippen LogP) is 3.54. The maximum absolute atomic E-state index is 11.7. The molecule has 1 aliphatic carbocycles. The van der Waals surface area contributed by atoms with Crippen LogP contribution in [-0.2, 0) is 4.79 Å². The molecule has 2 aliphatic rings. The molecule has 1 saturated carbocycles. The van der Waals surface area contributed by atoms with Crippen LogP contribution >= 0.6 is 0 Å². The Bertz CT molecular complexity index is 973. The Hall–Kier alpha value is -2.21. The van der Waals surface area contributed by atoms with Gasteiger partial charge in [-0.25, -0.2) is 9.97 Å². The Morgan fingerprint density at radius 1 is 1.11 bits per heavy atom. The molecule has 3 aromatic heterocycles. The van der Waals surface area contributed by atoms with Crippen molar-refractivity contribution in [2.24, 2.45) is 5.92 Å². The number of ketones is 1.